The highest BCUT2D eigenvalue weighted by atomic mass is 16.5. The maximum absolute atomic E-state index is 13.3. The molecule has 9 nitrogen and oxygen atoms in total. The van der Waals surface area contributed by atoms with Crippen molar-refractivity contribution in [1.29, 1.82) is 0 Å². The number of hydrogen-bond donors (Lipinski definition) is 0. The summed E-state index contributed by atoms with van der Waals surface area (Å²) in [6, 6.07) is 7.02. The van der Waals surface area contributed by atoms with E-state index in [1.54, 1.807) is 21.8 Å². The summed E-state index contributed by atoms with van der Waals surface area (Å²) in [5, 5.41) is 4.32. The van der Waals surface area contributed by atoms with Crippen LogP contribution in [0.25, 0.3) is 0 Å². The lowest BCUT2D eigenvalue weighted by atomic mass is 10.0. The van der Waals surface area contributed by atoms with Crippen LogP contribution in [-0.2, 0) is 11.3 Å². The Kier molecular flexibility index (Phi) is 6.50. The van der Waals surface area contributed by atoms with E-state index in [2.05, 4.69) is 10.1 Å². The van der Waals surface area contributed by atoms with Gasteiger partial charge in [-0.15, -0.1) is 0 Å². The maximum atomic E-state index is 13.3. The molecule has 2 aliphatic heterocycles. The van der Waals surface area contributed by atoms with Crippen LogP contribution in [-0.4, -0.2) is 93.2 Å². The first kappa shape index (κ1) is 21.3. The van der Waals surface area contributed by atoms with Crippen LogP contribution in [0, 0.1) is 0 Å². The predicted molar refractivity (Wildman–Crippen MR) is 115 cm³/mol. The monoisotopic (exact) mass is 426 g/mol. The quantitative estimate of drug-likeness (QED) is 0.713. The first-order valence-corrected chi connectivity index (χ1v) is 10.9. The number of piperidine rings is 1. The number of piperazine rings is 1. The van der Waals surface area contributed by atoms with Gasteiger partial charge in [-0.3, -0.25) is 19.2 Å². The summed E-state index contributed by atoms with van der Waals surface area (Å²) in [5.74, 6) is 0.593. The largest absolute Gasteiger partial charge is 0.474 e. The normalized spacial score (nSPS) is 20.6. The summed E-state index contributed by atoms with van der Waals surface area (Å²) in [7, 11) is 1.95. The fourth-order valence-corrected chi connectivity index (χ4v) is 4.13. The lowest BCUT2D eigenvalue weighted by Crippen LogP contribution is -2.60. The second-order valence-corrected chi connectivity index (χ2v) is 8.11. The number of likely N-dealkylation sites (tertiary alicyclic amines) is 1. The number of hydrogen-bond acceptors (Lipinski definition) is 6. The highest BCUT2D eigenvalue weighted by Crippen LogP contribution is 2.20. The van der Waals surface area contributed by atoms with Gasteiger partial charge in [-0.1, -0.05) is 6.07 Å². The van der Waals surface area contributed by atoms with Gasteiger partial charge in [-0.2, -0.15) is 5.10 Å². The molecule has 9 heteroatoms. The van der Waals surface area contributed by atoms with Crippen molar-refractivity contribution < 1.29 is 14.3 Å². The Morgan fingerprint density at radius 1 is 1.10 bits per heavy atom. The van der Waals surface area contributed by atoms with Crippen LogP contribution in [0.3, 0.4) is 0 Å². The van der Waals surface area contributed by atoms with E-state index in [1.807, 2.05) is 48.2 Å². The van der Waals surface area contributed by atoms with Gasteiger partial charge in [-0.05, 0) is 26.1 Å². The van der Waals surface area contributed by atoms with Crippen LogP contribution < -0.4 is 4.74 Å². The number of carbonyl (C=O) groups is 2. The van der Waals surface area contributed by atoms with Gasteiger partial charge in [0.05, 0.1) is 0 Å². The van der Waals surface area contributed by atoms with Gasteiger partial charge in [0.2, 0.25) is 11.8 Å². The summed E-state index contributed by atoms with van der Waals surface area (Å²) in [4.78, 5) is 36.1. The average Bonchev–Trinajstić information content (AvgIpc) is 3.29. The van der Waals surface area contributed by atoms with Crippen molar-refractivity contribution in [2.75, 3.05) is 39.8 Å². The Morgan fingerprint density at radius 2 is 1.90 bits per heavy atom. The number of aryl methyl sites for hydroxylation is 1. The van der Waals surface area contributed by atoms with Crippen LogP contribution in [0.4, 0.5) is 0 Å². The van der Waals surface area contributed by atoms with Crippen molar-refractivity contribution in [3.8, 4) is 5.88 Å². The summed E-state index contributed by atoms with van der Waals surface area (Å²) in [6.07, 6.45) is 5.14. The summed E-state index contributed by atoms with van der Waals surface area (Å²) < 4.78 is 7.68. The molecule has 2 aromatic heterocycles. The number of aromatic nitrogens is 3. The van der Waals surface area contributed by atoms with Crippen molar-refractivity contribution in [3.63, 3.8) is 0 Å². The second-order valence-electron chi connectivity index (χ2n) is 8.11. The highest BCUT2D eigenvalue weighted by Gasteiger charge is 2.36. The maximum Gasteiger partial charge on any atom is 0.274 e. The van der Waals surface area contributed by atoms with Crippen LogP contribution >= 0.6 is 0 Å². The molecule has 0 unspecified atom stereocenters. The molecule has 2 fully saturated rings. The van der Waals surface area contributed by atoms with Crippen LogP contribution in [0.1, 0.15) is 30.3 Å². The Hall–Kier alpha value is -2.94. The number of pyridine rings is 1. The van der Waals surface area contributed by atoms with Gasteiger partial charge in [0.25, 0.3) is 5.91 Å². The molecule has 0 spiro atoms. The molecule has 2 amide bonds. The molecule has 0 N–H and O–H groups in total. The Balaban J connectivity index is 1.33. The van der Waals surface area contributed by atoms with E-state index in [1.165, 1.54) is 0 Å². The zero-order valence-electron chi connectivity index (χ0n) is 18.2. The first-order valence-electron chi connectivity index (χ1n) is 10.9. The average molecular weight is 427 g/mol. The Morgan fingerprint density at radius 3 is 2.58 bits per heavy atom. The highest BCUT2D eigenvalue weighted by molar-refractivity contribution is 5.93. The minimum atomic E-state index is -0.334. The van der Waals surface area contributed by atoms with E-state index in [0.29, 0.717) is 44.3 Å². The van der Waals surface area contributed by atoms with E-state index in [9.17, 15) is 9.59 Å². The smallest absolute Gasteiger partial charge is 0.274 e. The lowest BCUT2D eigenvalue weighted by molar-refractivity contribution is -0.140. The molecule has 31 heavy (non-hydrogen) atoms. The number of amides is 2. The topological polar surface area (TPSA) is 83.8 Å². The second kappa shape index (κ2) is 9.47. The summed E-state index contributed by atoms with van der Waals surface area (Å²) >= 11 is 0. The van der Waals surface area contributed by atoms with Gasteiger partial charge in [0, 0.05) is 70.6 Å². The summed E-state index contributed by atoms with van der Waals surface area (Å²) in [6.45, 7) is 5.64. The van der Waals surface area contributed by atoms with Crippen molar-refractivity contribution >= 4 is 11.8 Å². The van der Waals surface area contributed by atoms with Crippen molar-refractivity contribution in [2.24, 2.45) is 0 Å². The predicted octanol–water partition coefficient (Wildman–Crippen LogP) is 1.12. The van der Waals surface area contributed by atoms with E-state index in [4.69, 9.17) is 4.74 Å². The standard InChI is InChI=1S/C22H30N6O3/c1-3-28-13-9-18(24-28)21(29)27-15-14-25(2)19(16-27)22(30)26-11-7-17(8-12-26)31-20-6-4-5-10-23-20/h4-6,9-10,13,17,19H,3,7-8,11-12,14-16H2,1-2H3/t19-/m1/s1. The minimum absolute atomic E-state index is 0.0646. The Labute approximate surface area is 182 Å². The number of rotatable bonds is 5. The zero-order chi connectivity index (χ0) is 21.8. The van der Waals surface area contributed by atoms with Crippen LogP contribution in [0.5, 0.6) is 5.88 Å². The number of nitrogens with zero attached hydrogens (tertiary/aromatic N) is 6. The molecule has 4 rings (SSSR count). The van der Waals surface area contributed by atoms with E-state index in [0.717, 1.165) is 19.4 Å². The molecule has 4 heterocycles. The van der Waals surface area contributed by atoms with Crippen molar-refractivity contribution in [3.05, 3.63) is 42.4 Å². The first-order chi connectivity index (χ1) is 15.0. The molecule has 0 aliphatic carbocycles. The third-order valence-corrected chi connectivity index (χ3v) is 6.08. The molecule has 0 radical (unpaired) electrons. The molecule has 2 saturated heterocycles. The third-order valence-electron chi connectivity index (χ3n) is 6.08. The zero-order valence-corrected chi connectivity index (χ0v) is 18.2. The van der Waals surface area contributed by atoms with E-state index >= 15 is 0 Å². The van der Waals surface area contributed by atoms with Gasteiger partial charge in [0.1, 0.15) is 17.8 Å². The molecule has 166 valence electrons. The SMILES string of the molecule is CCn1ccc(C(=O)N2CCN(C)[C@@H](C(=O)N3CCC(Oc4ccccn4)CC3)C2)n1. The van der Waals surface area contributed by atoms with Crippen LogP contribution in [0.2, 0.25) is 0 Å². The van der Waals surface area contributed by atoms with Crippen LogP contribution in [0.15, 0.2) is 36.7 Å². The molecule has 0 saturated carbocycles. The molecule has 1 atom stereocenters. The fourth-order valence-electron chi connectivity index (χ4n) is 4.13. The van der Waals surface area contributed by atoms with Gasteiger partial charge >= 0.3 is 0 Å². The molecule has 0 aromatic carbocycles. The molecule has 0 bridgehead atoms. The molecular weight excluding hydrogens is 396 g/mol. The fraction of sp³-hybridized carbons (Fsp3) is 0.545. The van der Waals surface area contributed by atoms with Crippen molar-refractivity contribution in [1.82, 2.24) is 29.5 Å². The number of likely N-dealkylation sites (N-methyl/N-ethyl adjacent to an activating group) is 1. The van der Waals surface area contributed by atoms with E-state index < -0.39 is 0 Å². The van der Waals surface area contributed by atoms with Gasteiger partial charge < -0.3 is 14.5 Å². The van der Waals surface area contributed by atoms with Gasteiger partial charge in [-0.25, -0.2) is 4.98 Å². The van der Waals surface area contributed by atoms with Gasteiger partial charge in [0.15, 0.2) is 0 Å². The lowest BCUT2D eigenvalue weighted by Gasteiger charge is -2.41. The molecule has 2 aliphatic rings. The van der Waals surface area contributed by atoms with E-state index in [-0.39, 0.29) is 24.0 Å². The van der Waals surface area contributed by atoms with Crippen molar-refractivity contribution in [2.45, 2.75) is 38.5 Å². The molecule has 2 aromatic rings. The Bertz CT molecular complexity index is 894. The number of ether oxygens (including phenoxy) is 1. The molecular formula is C22H30N6O3. The third kappa shape index (κ3) is 4.87. The minimum Gasteiger partial charge on any atom is -0.474 e. The number of carbonyl (C=O) groups excluding carboxylic acids is 2. The summed E-state index contributed by atoms with van der Waals surface area (Å²) in [5.41, 5.74) is 0.435.